The molecule has 4 aromatic rings. The van der Waals surface area contributed by atoms with E-state index in [0.717, 1.165) is 21.5 Å². The van der Waals surface area contributed by atoms with Crippen LogP contribution < -0.4 is 9.75 Å². The van der Waals surface area contributed by atoms with E-state index in [1.54, 1.807) is 31.6 Å². The molecule has 0 spiro atoms. The highest BCUT2D eigenvalue weighted by molar-refractivity contribution is 7.22. The molecular formula is C22H17N3O3S. The first-order chi connectivity index (χ1) is 14.2. The summed E-state index contributed by atoms with van der Waals surface area (Å²) in [7, 11) is 1.61. The molecule has 2 aromatic heterocycles. The first kappa shape index (κ1) is 18.6. The standard InChI is InChI=1S/C22H17N3O3S/c1-27-17-10-11-19-20(14-17)29-22(24-19)25(23-15-18-8-5-13-28-18)21(26)12-9-16-6-3-2-4-7-16/h2-15H,1H3/b12-9+,23-15-. The number of hydrogen-bond donors (Lipinski definition) is 0. The van der Waals surface area contributed by atoms with Crippen molar-refractivity contribution in [2.24, 2.45) is 5.10 Å². The zero-order valence-electron chi connectivity index (χ0n) is 15.6. The van der Waals surface area contributed by atoms with Crippen LogP contribution in [0.4, 0.5) is 5.13 Å². The summed E-state index contributed by atoms with van der Waals surface area (Å²) < 4.78 is 11.4. The number of methoxy groups -OCH3 is 1. The molecule has 0 aliphatic carbocycles. The van der Waals surface area contributed by atoms with Gasteiger partial charge in [-0.05, 0) is 42.0 Å². The quantitative estimate of drug-likeness (QED) is 0.259. The number of carbonyl (C=O) groups is 1. The summed E-state index contributed by atoms with van der Waals surface area (Å²) in [5.41, 5.74) is 1.69. The number of ether oxygens (including phenoxy) is 1. The molecule has 0 fully saturated rings. The van der Waals surface area contributed by atoms with Crippen molar-refractivity contribution in [3.8, 4) is 5.75 Å². The average molecular weight is 403 g/mol. The van der Waals surface area contributed by atoms with E-state index in [1.165, 1.54) is 28.6 Å². The maximum Gasteiger partial charge on any atom is 0.273 e. The maximum absolute atomic E-state index is 12.9. The molecule has 0 radical (unpaired) electrons. The van der Waals surface area contributed by atoms with Gasteiger partial charge in [0.25, 0.3) is 5.91 Å². The minimum atomic E-state index is -0.317. The molecule has 29 heavy (non-hydrogen) atoms. The molecule has 0 unspecified atom stereocenters. The van der Waals surface area contributed by atoms with Crippen LogP contribution in [-0.2, 0) is 4.79 Å². The minimum absolute atomic E-state index is 0.317. The summed E-state index contributed by atoms with van der Waals surface area (Å²) in [6, 6.07) is 18.7. The Kier molecular flexibility index (Phi) is 5.49. The molecule has 2 heterocycles. The predicted molar refractivity (Wildman–Crippen MR) is 115 cm³/mol. The molecule has 0 bridgehead atoms. The van der Waals surface area contributed by atoms with Crippen LogP contribution in [0.2, 0.25) is 0 Å². The van der Waals surface area contributed by atoms with Crippen LogP contribution in [0.3, 0.4) is 0 Å². The predicted octanol–water partition coefficient (Wildman–Crippen LogP) is 4.98. The Morgan fingerprint density at radius 1 is 1.17 bits per heavy atom. The topological polar surface area (TPSA) is 67.9 Å². The fourth-order valence-electron chi connectivity index (χ4n) is 2.59. The number of aromatic nitrogens is 1. The Morgan fingerprint density at radius 3 is 2.79 bits per heavy atom. The van der Waals surface area contributed by atoms with E-state index in [9.17, 15) is 4.79 Å². The molecule has 2 aromatic carbocycles. The molecular weight excluding hydrogens is 386 g/mol. The lowest BCUT2D eigenvalue weighted by Crippen LogP contribution is -2.23. The Hall–Kier alpha value is -3.71. The number of thiazole rings is 1. The van der Waals surface area contributed by atoms with Crippen LogP contribution in [0.25, 0.3) is 16.3 Å². The zero-order valence-corrected chi connectivity index (χ0v) is 16.4. The lowest BCUT2D eigenvalue weighted by Gasteiger charge is -2.10. The van der Waals surface area contributed by atoms with Gasteiger partial charge in [-0.2, -0.15) is 10.1 Å². The number of fused-ring (bicyclic) bond motifs is 1. The molecule has 1 amide bonds. The molecule has 6 nitrogen and oxygen atoms in total. The van der Waals surface area contributed by atoms with Gasteiger partial charge in [-0.1, -0.05) is 41.7 Å². The molecule has 0 saturated heterocycles. The normalized spacial score (nSPS) is 11.5. The van der Waals surface area contributed by atoms with Crippen molar-refractivity contribution in [1.29, 1.82) is 0 Å². The maximum atomic E-state index is 12.9. The summed E-state index contributed by atoms with van der Waals surface area (Å²) in [6.07, 6.45) is 6.25. The zero-order chi connectivity index (χ0) is 20.1. The molecule has 0 aliphatic rings. The average Bonchev–Trinajstić information content (AvgIpc) is 3.42. The number of benzene rings is 2. The van der Waals surface area contributed by atoms with Crippen LogP contribution in [0, 0.1) is 0 Å². The number of hydrogen-bond acceptors (Lipinski definition) is 6. The van der Waals surface area contributed by atoms with Crippen LogP contribution in [0.15, 0.2) is 82.5 Å². The highest BCUT2D eigenvalue weighted by atomic mass is 32.1. The van der Waals surface area contributed by atoms with Gasteiger partial charge in [-0.3, -0.25) is 4.79 Å². The van der Waals surface area contributed by atoms with Crippen molar-refractivity contribution in [3.05, 3.63) is 84.3 Å². The van der Waals surface area contributed by atoms with E-state index in [1.807, 2.05) is 48.5 Å². The lowest BCUT2D eigenvalue weighted by molar-refractivity contribution is -0.114. The van der Waals surface area contributed by atoms with E-state index in [0.29, 0.717) is 10.9 Å². The number of amides is 1. The fraction of sp³-hybridized carbons (Fsp3) is 0.0455. The first-order valence-electron chi connectivity index (χ1n) is 8.82. The van der Waals surface area contributed by atoms with Gasteiger partial charge in [-0.15, -0.1) is 0 Å². The van der Waals surface area contributed by atoms with E-state index < -0.39 is 0 Å². The molecule has 4 rings (SSSR count). The van der Waals surface area contributed by atoms with Gasteiger partial charge in [0.05, 0.1) is 29.8 Å². The second kappa shape index (κ2) is 8.53. The minimum Gasteiger partial charge on any atom is -0.497 e. The highest BCUT2D eigenvalue weighted by Crippen LogP contribution is 2.31. The summed E-state index contributed by atoms with van der Waals surface area (Å²) in [6.45, 7) is 0. The van der Waals surface area contributed by atoms with Crippen LogP contribution in [-0.4, -0.2) is 24.2 Å². The van der Waals surface area contributed by atoms with Crippen molar-refractivity contribution in [2.45, 2.75) is 0 Å². The van der Waals surface area contributed by atoms with Crippen molar-refractivity contribution in [1.82, 2.24) is 4.98 Å². The van der Waals surface area contributed by atoms with Gasteiger partial charge in [0, 0.05) is 6.08 Å². The van der Waals surface area contributed by atoms with Gasteiger partial charge >= 0.3 is 0 Å². The first-order valence-corrected chi connectivity index (χ1v) is 9.64. The number of anilines is 1. The van der Waals surface area contributed by atoms with Gasteiger partial charge in [-0.25, -0.2) is 4.98 Å². The van der Waals surface area contributed by atoms with Crippen molar-refractivity contribution >= 4 is 44.9 Å². The number of furan rings is 1. The third kappa shape index (κ3) is 4.41. The van der Waals surface area contributed by atoms with Gasteiger partial charge in [0.1, 0.15) is 11.5 Å². The number of hydrazone groups is 1. The highest BCUT2D eigenvalue weighted by Gasteiger charge is 2.17. The molecule has 0 N–H and O–H groups in total. The van der Waals surface area contributed by atoms with Crippen LogP contribution in [0.1, 0.15) is 11.3 Å². The van der Waals surface area contributed by atoms with E-state index in [-0.39, 0.29) is 5.91 Å². The number of nitrogens with zero attached hydrogens (tertiary/aromatic N) is 3. The Morgan fingerprint density at radius 2 is 2.03 bits per heavy atom. The molecule has 144 valence electrons. The van der Waals surface area contributed by atoms with E-state index in [4.69, 9.17) is 9.15 Å². The van der Waals surface area contributed by atoms with Crippen molar-refractivity contribution in [3.63, 3.8) is 0 Å². The smallest absolute Gasteiger partial charge is 0.273 e. The van der Waals surface area contributed by atoms with Crippen LogP contribution >= 0.6 is 11.3 Å². The molecule has 0 saturated carbocycles. The SMILES string of the molecule is COc1ccc2nc(N(/N=C\c3ccco3)C(=O)/C=C/c3ccccc3)sc2c1. The Balaban J connectivity index is 1.68. The molecule has 0 aliphatic heterocycles. The fourth-order valence-corrected chi connectivity index (χ4v) is 3.55. The van der Waals surface area contributed by atoms with Crippen molar-refractivity contribution < 1.29 is 13.9 Å². The Bertz CT molecular complexity index is 1160. The van der Waals surface area contributed by atoms with Gasteiger partial charge < -0.3 is 9.15 Å². The second-order valence-corrected chi connectivity index (χ2v) is 6.99. The Labute approximate surface area is 171 Å². The van der Waals surface area contributed by atoms with E-state index in [2.05, 4.69) is 10.1 Å². The monoisotopic (exact) mass is 403 g/mol. The van der Waals surface area contributed by atoms with Crippen LogP contribution in [0.5, 0.6) is 5.75 Å². The second-order valence-electron chi connectivity index (χ2n) is 5.98. The van der Waals surface area contributed by atoms with Gasteiger partial charge in [0.15, 0.2) is 0 Å². The summed E-state index contributed by atoms with van der Waals surface area (Å²) in [5.74, 6) is 0.953. The van der Waals surface area contributed by atoms with Gasteiger partial charge in [0.2, 0.25) is 5.13 Å². The number of carbonyl (C=O) groups excluding carboxylic acids is 1. The lowest BCUT2D eigenvalue weighted by atomic mass is 10.2. The summed E-state index contributed by atoms with van der Waals surface area (Å²) >= 11 is 1.36. The summed E-state index contributed by atoms with van der Waals surface area (Å²) in [4.78, 5) is 17.5. The third-order valence-corrected chi connectivity index (χ3v) is 5.03. The van der Waals surface area contributed by atoms with E-state index >= 15 is 0 Å². The molecule has 7 heteroatoms. The molecule has 0 atom stereocenters. The summed E-state index contributed by atoms with van der Waals surface area (Å²) in [5, 5.41) is 6.04. The largest absolute Gasteiger partial charge is 0.497 e. The number of rotatable bonds is 6. The third-order valence-electron chi connectivity index (χ3n) is 4.04. The van der Waals surface area contributed by atoms with Crippen molar-refractivity contribution in [2.75, 3.05) is 12.1 Å².